The molecule has 0 fully saturated rings. The molecule has 4 heteroatoms. The molecule has 0 saturated heterocycles. The van der Waals surface area contributed by atoms with E-state index in [1.165, 1.54) is 6.20 Å². The van der Waals surface area contributed by atoms with Crippen LogP contribution in [0.2, 0.25) is 0 Å². The first kappa shape index (κ1) is 12.2. The van der Waals surface area contributed by atoms with E-state index < -0.39 is 5.41 Å². The van der Waals surface area contributed by atoms with Gasteiger partial charge in [-0.15, -0.1) is 0 Å². The lowest BCUT2D eigenvalue weighted by molar-refractivity contribution is 0.0526. The van der Waals surface area contributed by atoms with Crippen molar-refractivity contribution in [3.05, 3.63) is 29.6 Å². The van der Waals surface area contributed by atoms with Crippen molar-refractivity contribution in [1.82, 2.24) is 4.98 Å². The van der Waals surface area contributed by atoms with Crippen LogP contribution in [0.5, 0.6) is 0 Å². The van der Waals surface area contributed by atoms with Crippen molar-refractivity contribution in [1.29, 1.82) is 5.26 Å². The molecule has 0 aliphatic carbocycles. The lowest BCUT2D eigenvalue weighted by Crippen LogP contribution is -2.17. The third kappa shape index (κ3) is 2.57. The van der Waals surface area contributed by atoms with Crippen molar-refractivity contribution in [2.24, 2.45) is 0 Å². The molecule has 16 heavy (non-hydrogen) atoms. The van der Waals surface area contributed by atoms with Crippen LogP contribution >= 0.6 is 0 Å². The molecule has 1 heterocycles. The molecular weight excluding hydrogens is 204 g/mol. The molecule has 1 rings (SSSR count). The molecule has 84 valence electrons. The second-order valence-corrected chi connectivity index (χ2v) is 3.89. The predicted molar refractivity (Wildman–Crippen MR) is 58.8 cm³/mol. The molecule has 0 bridgehead atoms. The van der Waals surface area contributed by atoms with Gasteiger partial charge in [0.05, 0.1) is 29.3 Å². The fourth-order valence-corrected chi connectivity index (χ4v) is 1.17. The summed E-state index contributed by atoms with van der Waals surface area (Å²) >= 11 is 0. The van der Waals surface area contributed by atoms with Gasteiger partial charge in [-0.05, 0) is 32.9 Å². The maximum atomic E-state index is 11.5. The highest BCUT2D eigenvalue weighted by atomic mass is 16.5. The second-order valence-electron chi connectivity index (χ2n) is 3.89. The van der Waals surface area contributed by atoms with E-state index in [2.05, 4.69) is 11.1 Å². The molecule has 0 atom stereocenters. The number of carbonyl (C=O) groups excluding carboxylic acids is 1. The average Bonchev–Trinajstić information content (AvgIpc) is 2.29. The average molecular weight is 218 g/mol. The summed E-state index contributed by atoms with van der Waals surface area (Å²) in [6.07, 6.45) is 1.51. The number of hydrogen-bond acceptors (Lipinski definition) is 4. The molecule has 0 aliphatic rings. The first-order valence-corrected chi connectivity index (χ1v) is 5.06. The smallest absolute Gasteiger partial charge is 0.338 e. The summed E-state index contributed by atoms with van der Waals surface area (Å²) in [5, 5.41) is 8.97. The Hall–Kier alpha value is -1.89. The van der Waals surface area contributed by atoms with E-state index in [1.807, 2.05) is 0 Å². The van der Waals surface area contributed by atoms with Crippen LogP contribution in [0.1, 0.15) is 36.8 Å². The van der Waals surface area contributed by atoms with Crippen LogP contribution in [0, 0.1) is 11.3 Å². The van der Waals surface area contributed by atoms with E-state index in [1.54, 1.807) is 32.9 Å². The molecule has 1 aromatic rings. The molecule has 0 aromatic carbocycles. The highest BCUT2D eigenvalue weighted by Crippen LogP contribution is 2.20. The van der Waals surface area contributed by atoms with Gasteiger partial charge in [0.15, 0.2) is 0 Å². The van der Waals surface area contributed by atoms with Crippen molar-refractivity contribution in [2.45, 2.75) is 26.2 Å². The van der Waals surface area contributed by atoms with Crippen molar-refractivity contribution in [3.8, 4) is 6.07 Å². The van der Waals surface area contributed by atoms with Crippen molar-refractivity contribution < 1.29 is 9.53 Å². The molecule has 0 N–H and O–H groups in total. The molecular formula is C12H14N2O2. The van der Waals surface area contributed by atoms with Crippen molar-refractivity contribution in [2.75, 3.05) is 6.61 Å². The van der Waals surface area contributed by atoms with Gasteiger partial charge in [0.1, 0.15) is 0 Å². The Kier molecular flexibility index (Phi) is 3.62. The number of ether oxygens (including phenoxy) is 1. The largest absolute Gasteiger partial charge is 0.462 e. The second kappa shape index (κ2) is 4.75. The summed E-state index contributed by atoms with van der Waals surface area (Å²) in [4.78, 5) is 15.6. The number of nitriles is 1. The van der Waals surface area contributed by atoms with Gasteiger partial charge >= 0.3 is 5.97 Å². The molecule has 0 spiro atoms. The van der Waals surface area contributed by atoms with Crippen molar-refractivity contribution in [3.63, 3.8) is 0 Å². The molecule has 0 unspecified atom stereocenters. The number of pyridine rings is 1. The maximum Gasteiger partial charge on any atom is 0.338 e. The topological polar surface area (TPSA) is 63.0 Å². The zero-order valence-corrected chi connectivity index (χ0v) is 9.65. The first-order chi connectivity index (χ1) is 7.51. The van der Waals surface area contributed by atoms with Gasteiger partial charge in [-0.3, -0.25) is 4.98 Å². The summed E-state index contributed by atoms with van der Waals surface area (Å²) in [7, 11) is 0. The summed E-state index contributed by atoms with van der Waals surface area (Å²) < 4.78 is 4.88. The van der Waals surface area contributed by atoms with Crippen LogP contribution in [0.15, 0.2) is 18.3 Å². The van der Waals surface area contributed by atoms with Crippen LogP contribution in [0.3, 0.4) is 0 Å². The van der Waals surface area contributed by atoms with Crippen LogP contribution in [-0.4, -0.2) is 17.6 Å². The molecule has 4 nitrogen and oxygen atoms in total. The molecule has 1 aromatic heterocycles. The summed E-state index contributed by atoms with van der Waals surface area (Å²) in [6.45, 7) is 5.59. The SMILES string of the molecule is CCOC(=O)c1ccnc(C(C)(C)C#N)c1. The van der Waals surface area contributed by atoms with Crippen LogP contribution < -0.4 is 0 Å². The number of nitrogens with zero attached hydrogens (tertiary/aromatic N) is 2. The quantitative estimate of drug-likeness (QED) is 0.728. The summed E-state index contributed by atoms with van der Waals surface area (Å²) in [5.74, 6) is -0.389. The fourth-order valence-electron chi connectivity index (χ4n) is 1.17. The zero-order valence-electron chi connectivity index (χ0n) is 9.65. The zero-order chi connectivity index (χ0) is 12.2. The van der Waals surface area contributed by atoms with E-state index in [-0.39, 0.29) is 5.97 Å². The van der Waals surface area contributed by atoms with Gasteiger partial charge in [0.2, 0.25) is 0 Å². The van der Waals surface area contributed by atoms with Gasteiger partial charge in [0, 0.05) is 6.20 Å². The minimum absolute atomic E-state index is 0.331. The van der Waals surface area contributed by atoms with Crippen molar-refractivity contribution >= 4 is 5.97 Å². The Morgan fingerprint density at radius 2 is 2.31 bits per heavy atom. The number of rotatable bonds is 3. The highest BCUT2D eigenvalue weighted by Gasteiger charge is 2.22. The molecule has 0 radical (unpaired) electrons. The number of carbonyl (C=O) groups is 1. The monoisotopic (exact) mass is 218 g/mol. The van der Waals surface area contributed by atoms with Gasteiger partial charge in [0.25, 0.3) is 0 Å². The highest BCUT2D eigenvalue weighted by molar-refractivity contribution is 5.89. The molecule has 0 aliphatic heterocycles. The molecule has 0 saturated carbocycles. The van der Waals surface area contributed by atoms with Gasteiger partial charge < -0.3 is 4.74 Å². The van der Waals surface area contributed by atoms with Crippen LogP contribution in [0.25, 0.3) is 0 Å². The van der Waals surface area contributed by atoms with Gasteiger partial charge in [-0.2, -0.15) is 5.26 Å². The minimum Gasteiger partial charge on any atom is -0.462 e. The summed E-state index contributed by atoms with van der Waals surface area (Å²) in [6, 6.07) is 5.32. The third-order valence-corrected chi connectivity index (χ3v) is 2.19. The predicted octanol–water partition coefficient (Wildman–Crippen LogP) is 2.06. The van der Waals surface area contributed by atoms with E-state index >= 15 is 0 Å². The number of hydrogen-bond donors (Lipinski definition) is 0. The third-order valence-electron chi connectivity index (χ3n) is 2.19. The van der Waals surface area contributed by atoms with E-state index in [9.17, 15) is 4.79 Å². The van der Waals surface area contributed by atoms with Gasteiger partial charge in [-0.25, -0.2) is 4.79 Å². The Morgan fingerprint density at radius 3 is 2.88 bits per heavy atom. The minimum atomic E-state index is -0.706. The summed E-state index contributed by atoms with van der Waals surface area (Å²) in [5.41, 5.74) is 0.290. The lowest BCUT2D eigenvalue weighted by Gasteiger charge is -2.14. The normalized spacial score (nSPS) is 10.6. The van der Waals surface area contributed by atoms with E-state index in [4.69, 9.17) is 10.00 Å². The van der Waals surface area contributed by atoms with Crippen LogP contribution in [0.4, 0.5) is 0 Å². The Labute approximate surface area is 94.9 Å². The molecule has 0 amide bonds. The standard InChI is InChI=1S/C12H14N2O2/c1-4-16-11(15)9-5-6-14-10(7-9)12(2,3)8-13/h5-7H,4H2,1-3H3. The fraction of sp³-hybridized carbons (Fsp3) is 0.417. The number of aromatic nitrogens is 1. The Bertz CT molecular complexity index is 433. The first-order valence-electron chi connectivity index (χ1n) is 5.06. The lowest BCUT2D eigenvalue weighted by atomic mass is 9.90. The van der Waals surface area contributed by atoms with Gasteiger partial charge in [-0.1, -0.05) is 0 Å². The van der Waals surface area contributed by atoms with Crippen LogP contribution in [-0.2, 0) is 10.2 Å². The van der Waals surface area contributed by atoms with E-state index in [0.717, 1.165) is 0 Å². The number of esters is 1. The maximum absolute atomic E-state index is 11.5. The Morgan fingerprint density at radius 1 is 1.62 bits per heavy atom. The van der Waals surface area contributed by atoms with E-state index in [0.29, 0.717) is 17.9 Å². The Balaban J connectivity index is 3.06.